The Morgan fingerprint density at radius 3 is 2.52 bits per heavy atom. The van der Waals surface area contributed by atoms with E-state index in [1.165, 1.54) is 4.31 Å². The second-order valence-corrected chi connectivity index (χ2v) is 7.94. The van der Waals surface area contributed by atoms with Crippen molar-refractivity contribution in [3.05, 3.63) is 24.4 Å². The smallest absolute Gasteiger partial charge is 0.362 e. The van der Waals surface area contributed by atoms with Crippen LogP contribution >= 0.6 is 0 Å². The van der Waals surface area contributed by atoms with E-state index in [-0.39, 0.29) is 12.3 Å². The van der Waals surface area contributed by atoms with Crippen LogP contribution in [0, 0.1) is 0 Å². The van der Waals surface area contributed by atoms with E-state index >= 15 is 0 Å². The minimum absolute atomic E-state index is 0.197. The lowest BCUT2D eigenvalue weighted by atomic mass is 10.3. The number of hydrogen-bond donors (Lipinski definition) is 1. The van der Waals surface area contributed by atoms with Gasteiger partial charge in [-0.25, -0.2) is 13.4 Å². The van der Waals surface area contributed by atoms with Gasteiger partial charge in [0.1, 0.15) is 19.0 Å². The molecule has 27 heavy (non-hydrogen) atoms. The molecule has 0 aromatic carbocycles. The summed E-state index contributed by atoms with van der Waals surface area (Å²) in [4.78, 5) is 17.6. The average Bonchev–Trinajstić information content (AvgIpc) is 2.61. The van der Waals surface area contributed by atoms with Gasteiger partial charge >= 0.3 is 6.18 Å². The number of carbonyl (C=O) groups is 1. The quantitative estimate of drug-likeness (QED) is 0.660. The molecule has 1 amide bonds. The Hall–Kier alpha value is -1.92. The third-order valence-electron chi connectivity index (χ3n) is 3.79. The van der Waals surface area contributed by atoms with Crippen molar-refractivity contribution in [2.45, 2.75) is 6.18 Å². The van der Waals surface area contributed by atoms with Crippen molar-refractivity contribution < 1.29 is 31.1 Å². The number of ether oxygens (including phenoxy) is 1. The second kappa shape index (κ2) is 9.33. The first kappa shape index (κ1) is 21.4. The molecule has 12 heteroatoms. The fourth-order valence-electron chi connectivity index (χ4n) is 2.50. The monoisotopic (exact) mass is 410 g/mol. The number of nitrogens with zero attached hydrogens (tertiary/aromatic N) is 3. The Morgan fingerprint density at radius 1 is 1.22 bits per heavy atom. The van der Waals surface area contributed by atoms with Gasteiger partial charge in [0.25, 0.3) is 0 Å². The summed E-state index contributed by atoms with van der Waals surface area (Å²) in [5, 5.41) is 2.24. The van der Waals surface area contributed by atoms with Gasteiger partial charge < -0.3 is 15.0 Å². The van der Waals surface area contributed by atoms with Crippen LogP contribution in [0.3, 0.4) is 0 Å². The number of amides is 1. The molecule has 0 radical (unpaired) electrons. The van der Waals surface area contributed by atoms with Crippen LogP contribution < -0.4 is 10.2 Å². The molecule has 152 valence electrons. The van der Waals surface area contributed by atoms with Gasteiger partial charge in [-0.1, -0.05) is 6.07 Å². The largest absolute Gasteiger partial charge is 0.411 e. The first-order valence-corrected chi connectivity index (χ1v) is 9.83. The van der Waals surface area contributed by atoms with Crippen LogP contribution in [0.25, 0.3) is 0 Å². The van der Waals surface area contributed by atoms with E-state index in [9.17, 15) is 26.4 Å². The number of sulfonamides is 1. The van der Waals surface area contributed by atoms with Gasteiger partial charge in [-0.3, -0.25) is 4.79 Å². The van der Waals surface area contributed by atoms with Crippen LogP contribution in [0.1, 0.15) is 0 Å². The number of anilines is 1. The van der Waals surface area contributed by atoms with Crippen LogP contribution in [0.5, 0.6) is 0 Å². The van der Waals surface area contributed by atoms with Crippen molar-refractivity contribution in [1.82, 2.24) is 14.6 Å². The van der Waals surface area contributed by atoms with E-state index in [2.05, 4.69) is 15.0 Å². The third kappa shape index (κ3) is 7.31. The highest BCUT2D eigenvalue weighted by atomic mass is 32.2. The molecule has 1 N–H and O–H groups in total. The molecule has 1 aromatic heterocycles. The molecule has 2 heterocycles. The number of rotatable bonds is 8. The van der Waals surface area contributed by atoms with Crippen molar-refractivity contribution in [3.8, 4) is 0 Å². The normalized spacial score (nSPS) is 16.3. The molecule has 0 atom stereocenters. The fraction of sp³-hybridized carbons (Fsp3) is 0.600. The maximum Gasteiger partial charge on any atom is 0.411 e. The lowest BCUT2D eigenvalue weighted by Crippen LogP contribution is -2.50. The Morgan fingerprint density at radius 2 is 1.93 bits per heavy atom. The fourth-order valence-corrected chi connectivity index (χ4v) is 3.83. The molecule has 1 fully saturated rings. The number of nitrogens with one attached hydrogen (secondary N) is 1. The molecule has 0 spiro atoms. The molecule has 1 aromatic rings. The summed E-state index contributed by atoms with van der Waals surface area (Å²) >= 11 is 0. The number of aromatic nitrogens is 1. The predicted molar refractivity (Wildman–Crippen MR) is 91.7 cm³/mol. The molecule has 2 rings (SSSR count). The van der Waals surface area contributed by atoms with Crippen molar-refractivity contribution in [2.75, 3.05) is 56.6 Å². The highest BCUT2D eigenvalue weighted by molar-refractivity contribution is 7.89. The molecule has 0 aliphatic carbocycles. The molecule has 0 saturated carbocycles. The van der Waals surface area contributed by atoms with Gasteiger partial charge in [-0.15, -0.1) is 0 Å². The van der Waals surface area contributed by atoms with E-state index in [0.717, 1.165) is 5.82 Å². The third-order valence-corrected chi connectivity index (χ3v) is 5.66. The molecule has 1 aliphatic rings. The van der Waals surface area contributed by atoms with Gasteiger partial charge in [0, 0.05) is 38.9 Å². The summed E-state index contributed by atoms with van der Waals surface area (Å²) < 4.78 is 65.9. The number of piperazine rings is 1. The molecule has 1 saturated heterocycles. The summed E-state index contributed by atoms with van der Waals surface area (Å²) in [6, 6.07) is 5.50. The van der Waals surface area contributed by atoms with Crippen LogP contribution in [0.2, 0.25) is 0 Å². The van der Waals surface area contributed by atoms with Crippen molar-refractivity contribution >= 4 is 21.7 Å². The van der Waals surface area contributed by atoms with Crippen molar-refractivity contribution in [2.24, 2.45) is 0 Å². The van der Waals surface area contributed by atoms with E-state index in [4.69, 9.17) is 0 Å². The van der Waals surface area contributed by atoms with Crippen molar-refractivity contribution in [1.29, 1.82) is 0 Å². The zero-order valence-corrected chi connectivity index (χ0v) is 15.3. The van der Waals surface area contributed by atoms with Crippen LogP contribution in [-0.4, -0.2) is 81.5 Å². The van der Waals surface area contributed by atoms with Gasteiger partial charge in [0.2, 0.25) is 15.9 Å². The summed E-state index contributed by atoms with van der Waals surface area (Å²) in [6.07, 6.45) is -2.85. The maximum atomic E-state index is 12.3. The van der Waals surface area contributed by atoms with Gasteiger partial charge in [0.15, 0.2) is 0 Å². The zero-order chi connectivity index (χ0) is 19.9. The lowest BCUT2D eigenvalue weighted by Gasteiger charge is -2.34. The lowest BCUT2D eigenvalue weighted by molar-refractivity contribution is -0.175. The van der Waals surface area contributed by atoms with Gasteiger partial charge in [-0.05, 0) is 12.1 Å². The number of pyridine rings is 1. The van der Waals surface area contributed by atoms with E-state index in [1.54, 1.807) is 12.3 Å². The standard InChI is InChI=1S/C15H21F3N4O4S/c16-15(17,18)12-26-11-14(23)20-5-10-27(24,25)22-8-6-21(7-9-22)13-3-1-2-4-19-13/h1-4H,5-12H2,(H,20,23). The first-order chi connectivity index (χ1) is 12.7. The van der Waals surface area contributed by atoms with Crippen LogP contribution in [-0.2, 0) is 19.6 Å². The van der Waals surface area contributed by atoms with Gasteiger partial charge in [0.05, 0.1) is 5.75 Å². The average molecular weight is 410 g/mol. The maximum absolute atomic E-state index is 12.3. The summed E-state index contributed by atoms with van der Waals surface area (Å²) in [6.45, 7) is -0.927. The Labute approximate surface area is 155 Å². The molecule has 1 aliphatic heterocycles. The highest BCUT2D eigenvalue weighted by Gasteiger charge is 2.28. The Kier molecular flexibility index (Phi) is 7.39. The van der Waals surface area contributed by atoms with Crippen LogP contribution in [0.15, 0.2) is 24.4 Å². The predicted octanol–water partition coefficient (Wildman–Crippen LogP) is 0.229. The first-order valence-electron chi connectivity index (χ1n) is 8.22. The van der Waals surface area contributed by atoms with Gasteiger partial charge in [-0.2, -0.15) is 17.5 Å². The van der Waals surface area contributed by atoms with Crippen LogP contribution in [0.4, 0.5) is 19.0 Å². The number of halogens is 3. The summed E-state index contributed by atoms with van der Waals surface area (Å²) in [5.74, 6) is -0.350. The van der Waals surface area contributed by atoms with E-state index in [0.29, 0.717) is 26.2 Å². The summed E-state index contributed by atoms with van der Waals surface area (Å²) in [5.41, 5.74) is 0. The number of alkyl halides is 3. The topological polar surface area (TPSA) is 91.8 Å². The molecule has 0 bridgehead atoms. The Balaban J connectivity index is 1.70. The Bertz CT molecular complexity index is 708. The minimum atomic E-state index is -4.51. The second-order valence-electron chi connectivity index (χ2n) is 5.85. The zero-order valence-electron chi connectivity index (χ0n) is 14.5. The van der Waals surface area contributed by atoms with E-state index in [1.807, 2.05) is 17.0 Å². The molecular weight excluding hydrogens is 389 g/mol. The van der Waals surface area contributed by atoms with E-state index < -0.39 is 35.3 Å². The van der Waals surface area contributed by atoms with Crippen molar-refractivity contribution in [3.63, 3.8) is 0 Å². The number of carbonyl (C=O) groups excluding carboxylic acids is 1. The minimum Gasteiger partial charge on any atom is -0.362 e. The molecular formula is C15H21F3N4O4S. The summed E-state index contributed by atoms with van der Waals surface area (Å²) in [7, 11) is -3.58. The molecule has 8 nitrogen and oxygen atoms in total. The highest BCUT2D eigenvalue weighted by Crippen LogP contribution is 2.15. The SMILES string of the molecule is O=C(COCC(F)(F)F)NCCS(=O)(=O)N1CCN(c2ccccn2)CC1. The molecule has 0 unspecified atom stereocenters. The number of hydrogen-bond acceptors (Lipinski definition) is 6.